The van der Waals surface area contributed by atoms with Gasteiger partial charge >= 0.3 is 0 Å². The van der Waals surface area contributed by atoms with Gasteiger partial charge in [-0.05, 0) is 43.3 Å². The Labute approximate surface area is 149 Å². The molecule has 2 aromatic rings. The molecule has 2 rings (SSSR count). The molecular weight excluding hydrogens is 361 g/mol. The first-order valence-corrected chi connectivity index (χ1v) is 7.93. The van der Waals surface area contributed by atoms with Crippen molar-refractivity contribution in [3.05, 3.63) is 51.5 Å². The smallest absolute Gasteiger partial charge is 0.262 e. The Balaban J connectivity index is 1.91. The van der Waals surface area contributed by atoms with Crippen LogP contribution in [0.25, 0.3) is 0 Å². The van der Waals surface area contributed by atoms with Gasteiger partial charge in [0.05, 0.1) is 27.4 Å². The van der Waals surface area contributed by atoms with Gasteiger partial charge in [-0.2, -0.15) is 0 Å². The lowest BCUT2D eigenvalue weighted by Crippen LogP contribution is -2.20. The van der Waals surface area contributed by atoms with Crippen LogP contribution in [0.15, 0.2) is 36.4 Å². The SMILES string of the molecule is CCOc1ccc(OCC(=O)Nc2cc(Cl)c(Cl)cc2Cl)cc1. The topological polar surface area (TPSA) is 47.6 Å². The molecule has 0 bridgehead atoms. The zero-order valence-corrected chi connectivity index (χ0v) is 14.5. The summed E-state index contributed by atoms with van der Waals surface area (Å²) >= 11 is 17.7. The molecule has 0 aliphatic carbocycles. The Morgan fingerprint density at radius 3 is 2.13 bits per heavy atom. The van der Waals surface area contributed by atoms with Gasteiger partial charge in [0.1, 0.15) is 11.5 Å². The van der Waals surface area contributed by atoms with Gasteiger partial charge in [-0.1, -0.05) is 34.8 Å². The van der Waals surface area contributed by atoms with Gasteiger partial charge in [0.2, 0.25) is 0 Å². The lowest BCUT2D eigenvalue weighted by molar-refractivity contribution is -0.118. The van der Waals surface area contributed by atoms with E-state index in [9.17, 15) is 4.79 Å². The van der Waals surface area contributed by atoms with E-state index in [1.165, 1.54) is 12.1 Å². The fourth-order valence-corrected chi connectivity index (χ4v) is 2.35. The second-order valence-corrected chi connectivity index (χ2v) is 5.71. The number of carbonyl (C=O) groups is 1. The Morgan fingerprint density at radius 1 is 0.957 bits per heavy atom. The molecular formula is C16H14Cl3NO3. The molecule has 23 heavy (non-hydrogen) atoms. The molecule has 0 radical (unpaired) electrons. The molecule has 0 aliphatic rings. The third-order valence-corrected chi connectivity index (χ3v) is 3.82. The van der Waals surface area contributed by atoms with Crippen molar-refractivity contribution >= 4 is 46.4 Å². The summed E-state index contributed by atoms with van der Waals surface area (Å²) in [7, 11) is 0. The number of amides is 1. The van der Waals surface area contributed by atoms with Gasteiger partial charge < -0.3 is 14.8 Å². The van der Waals surface area contributed by atoms with Gasteiger partial charge in [0, 0.05) is 0 Å². The van der Waals surface area contributed by atoms with E-state index in [0.717, 1.165) is 5.75 Å². The summed E-state index contributed by atoms with van der Waals surface area (Å²) in [5.41, 5.74) is 0.376. The molecule has 1 amide bonds. The van der Waals surface area contributed by atoms with Gasteiger partial charge in [-0.25, -0.2) is 0 Å². The highest BCUT2D eigenvalue weighted by molar-refractivity contribution is 6.44. The Morgan fingerprint density at radius 2 is 1.52 bits per heavy atom. The van der Waals surface area contributed by atoms with Crippen LogP contribution in [-0.2, 0) is 4.79 Å². The van der Waals surface area contributed by atoms with Crippen molar-refractivity contribution in [2.24, 2.45) is 0 Å². The fourth-order valence-electron chi connectivity index (χ4n) is 1.75. The standard InChI is InChI=1S/C16H14Cl3NO3/c1-2-22-10-3-5-11(6-4-10)23-9-16(21)20-15-8-13(18)12(17)7-14(15)19/h3-8H,2,9H2,1H3,(H,20,21). The van der Waals surface area contributed by atoms with E-state index in [4.69, 9.17) is 44.3 Å². The first-order chi connectivity index (χ1) is 11.0. The van der Waals surface area contributed by atoms with Gasteiger partial charge in [-0.15, -0.1) is 0 Å². The minimum Gasteiger partial charge on any atom is -0.494 e. The second kappa shape index (κ2) is 8.29. The molecule has 0 heterocycles. The quantitative estimate of drug-likeness (QED) is 0.719. The predicted octanol–water partition coefficient (Wildman–Crippen LogP) is 5.06. The van der Waals surface area contributed by atoms with Gasteiger partial charge in [-0.3, -0.25) is 4.79 Å². The van der Waals surface area contributed by atoms with Crippen LogP contribution in [0.2, 0.25) is 15.1 Å². The molecule has 0 spiro atoms. The van der Waals surface area contributed by atoms with E-state index in [-0.39, 0.29) is 12.5 Å². The van der Waals surface area contributed by atoms with Crippen molar-refractivity contribution in [3.8, 4) is 11.5 Å². The number of rotatable bonds is 6. The number of nitrogens with one attached hydrogen (secondary N) is 1. The molecule has 0 atom stereocenters. The minimum atomic E-state index is -0.362. The summed E-state index contributed by atoms with van der Waals surface area (Å²) in [5.74, 6) is 0.940. The van der Waals surface area contributed by atoms with E-state index >= 15 is 0 Å². The van der Waals surface area contributed by atoms with Crippen molar-refractivity contribution in [2.45, 2.75) is 6.92 Å². The summed E-state index contributed by atoms with van der Waals surface area (Å²) in [6.07, 6.45) is 0. The largest absolute Gasteiger partial charge is 0.494 e. The van der Waals surface area contributed by atoms with Crippen molar-refractivity contribution in [3.63, 3.8) is 0 Å². The molecule has 0 fully saturated rings. The normalized spacial score (nSPS) is 10.3. The summed E-state index contributed by atoms with van der Waals surface area (Å²) in [6.45, 7) is 2.33. The van der Waals surface area contributed by atoms with Crippen LogP contribution in [0.1, 0.15) is 6.92 Å². The number of anilines is 1. The third-order valence-electron chi connectivity index (χ3n) is 2.79. The van der Waals surface area contributed by atoms with Crippen molar-refractivity contribution in [1.29, 1.82) is 0 Å². The molecule has 2 aromatic carbocycles. The zero-order valence-electron chi connectivity index (χ0n) is 12.2. The molecule has 122 valence electrons. The maximum Gasteiger partial charge on any atom is 0.262 e. The van der Waals surface area contributed by atoms with Crippen molar-refractivity contribution < 1.29 is 14.3 Å². The van der Waals surface area contributed by atoms with Gasteiger partial charge in [0.15, 0.2) is 6.61 Å². The number of hydrogen-bond donors (Lipinski definition) is 1. The molecule has 4 nitrogen and oxygen atoms in total. The highest BCUT2D eigenvalue weighted by Crippen LogP contribution is 2.32. The average molecular weight is 375 g/mol. The summed E-state index contributed by atoms with van der Waals surface area (Å²) in [4.78, 5) is 11.9. The van der Waals surface area contributed by atoms with E-state index in [1.807, 2.05) is 6.92 Å². The van der Waals surface area contributed by atoms with Crippen LogP contribution in [0.4, 0.5) is 5.69 Å². The predicted molar refractivity (Wildman–Crippen MR) is 93.2 cm³/mol. The molecule has 0 unspecified atom stereocenters. The van der Waals surface area contributed by atoms with Crippen molar-refractivity contribution in [1.82, 2.24) is 0 Å². The second-order valence-electron chi connectivity index (χ2n) is 4.49. The highest BCUT2D eigenvalue weighted by atomic mass is 35.5. The van der Waals surface area contributed by atoms with Crippen molar-refractivity contribution in [2.75, 3.05) is 18.5 Å². The average Bonchev–Trinajstić information content (AvgIpc) is 2.52. The Bertz CT molecular complexity index is 690. The number of benzene rings is 2. The maximum absolute atomic E-state index is 11.9. The van der Waals surface area contributed by atoms with E-state index in [2.05, 4.69) is 5.32 Å². The number of ether oxygens (including phenoxy) is 2. The number of halogens is 3. The van der Waals surface area contributed by atoms with Crippen LogP contribution in [0, 0.1) is 0 Å². The first-order valence-electron chi connectivity index (χ1n) is 6.79. The molecule has 0 aliphatic heterocycles. The zero-order chi connectivity index (χ0) is 16.8. The highest BCUT2D eigenvalue weighted by Gasteiger charge is 2.10. The van der Waals surface area contributed by atoms with Crippen LogP contribution in [-0.4, -0.2) is 19.1 Å². The van der Waals surface area contributed by atoms with E-state index < -0.39 is 0 Å². The van der Waals surface area contributed by atoms with E-state index in [0.29, 0.717) is 33.1 Å². The molecule has 0 saturated heterocycles. The lowest BCUT2D eigenvalue weighted by atomic mass is 10.3. The molecule has 0 aromatic heterocycles. The Hall–Kier alpha value is -1.62. The van der Waals surface area contributed by atoms with Crippen LogP contribution >= 0.6 is 34.8 Å². The monoisotopic (exact) mass is 373 g/mol. The minimum absolute atomic E-state index is 0.162. The number of hydrogen-bond acceptors (Lipinski definition) is 3. The molecule has 1 N–H and O–H groups in total. The number of carbonyl (C=O) groups excluding carboxylic acids is 1. The summed E-state index contributed by atoms with van der Waals surface area (Å²) in [5, 5.41) is 3.54. The van der Waals surface area contributed by atoms with Gasteiger partial charge in [0.25, 0.3) is 5.91 Å². The van der Waals surface area contributed by atoms with Crippen LogP contribution in [0.3, 0.4) is 0 Å². The third kappa shape index (κ3) is 5.20. The summed E-state index contributed by atoms with van der Waals surface area (Å²) in [6, 6.07) is 9.95. The first kappa shape index (κ1) is 17.7. The van der Waals surface area contributed by atoms with E-state index in [1.54, 1.807) is 24.3 Å². The molecule has 7 heteroatoms. The Kier molecular flexibility index (Phi) is 6.39. The van der Waals surface area contributed by atoms with Crippen LogP contribution in [0.5, 0.6) is 11.5 Å². The summed E-state index contributed by atoms with van der Waals surface area (Å²) < 4.78 is 10.7. The van der Waals surface area contributed by atoms with Crippen LogP contribution < -0.4 is 14.8 Å². The molecule has 0 saturated carbocycles. The lowest BCUT2D eigenvalue weighted by Gasteiger charge is -2.10. The fraction of sp³-hybridized carbons (Fsp3) is 0.188. The maximum atomic E-state index is 11.9.